The summed E-state index contributed by atoms with van der Waals surface area (Å²) >= 11 is 0. The number of nitrogens with one attached hydrogen (secondary N) is 1. The van der Waals surface area contributed by atoms with Gasteiger partial charge < -0.3 is 19.7 Å². The largest absolute Gasteiger partial charge is 0.486 e. The molecule has 0 saturated carbocycles. The Kier molecular flexibility index (Phi) is 4.83. The van der Waals surface area contributed by atoms with Gasteiger partial charge in [0.25, 0.3) is 0 Å². The van der Waals surface area contributed by atoms with E-state index < -0.39 is 0 Å². The molecule has 1 saturated heterocycles. The Bertz CT molecular complexity index is 525. The molecule has 0 spiro atoms. The quantitative estimate of drug-likeness (QED) is 0.918. The SMILES string of the molecule is CN1CCC(NC(=O)CCc2ccc3c(c2)OCCO3)CC1. The van der Waals surface area contributed by atoms with Gasteiger partial charge >= 0.3 is 0 Å². The van der Waals surface area contributed by atoms with Crippen LogP contribution in [0.4, 0.5) is 0 Å². The molecule has 2 aliphatic rings. The smallest absolute Gasteiger partial charge is 0.220 e. The second kappa shape index (κ2) is 7.01. The summed E-state index contributed by atoms with van der Waals surface area (Å²) in [5.41, 5.74) is 1.11. The molecule has 2 heterocycles. The Morgan fingerprint density at radius 3 is 2.73 bits per heavy atom. The van der Waals surface area contributed by atoms with Crippen LogP contribution in [0.3, 0.4) is 0 Å². The number of ether oxygens (including phenoxy) is 2. The summed E-state index contributed by atoms with van der Waals surface area (Å²) in [5, 5.41) is 3.15. The number of amides is 1. The average molecular weight is 304 g/mol. The summed E-state index contributed by atoms with van der Waals surface area (Å²) < 4.78 is 11.1. The number of fused-ring (bicyclic) bond motifs is 1. The van der Waals surface area contributed by atoms with Crippen LogP contribution in [-0.4, -0.2) is 50.2 Å². The highest BCUT2D eigenvalue weighted by molar-refractivity contribution is 5.76. The molecule has 0 bridgehead atoms. The molecule has 3 rings (SSSR count). The van der Waals surface area contributed by atoms with Crippen LogP contribution in [0, 0.1) is 0 Å². The van der Waals surface area contributed by atoms with Crippen LogP contribution >= 0.6 is 0 Å². The molecule has 5 heteroatoms. The van der Waals surface area contributed by atoms with Gasteiger partial charge in [-0.1, -0.05) is 6.07 Å². The van der Waals surface area contributed by atoms with Crippen molar-refractivity contribution in [3.05, 3.63) is 23.8 Å². The van der Waals surface area contributed by atoms with Gasteiger partial charge in [0, 0.05) is 12.5 Å². The first-order chi connectivity index (χ1) is 10.7. The van der Waals surface area contributed by atoms with E-state index in [0.29, 0.717) is 25.7 Å². The van der Waals surface area contributed by atoms with Crippen LogP contribution in [0.2, 0.25) is 0 Å². The van der Waals surface area contributed by atoms with Crippen molar-refractivity contribution in [2.45, 2.75) is 31.7 Å². The fraction of sp³-hybridized carbons (Fsp3) is 0.588. The lowest BCUT2D eigenvalue weighted by Crippen LogP contribution is -2.43. The third-order valence-electron chi connectivity index (χ3n) is 4.33. The lowest BCUT2D eigenvalue weighted by atomic mass is 10.0. The van der Waals surface area contributed by atoms with Crippen molar-refractivity contribution >= 4 is 5.91 Å². The first-order valence-electron chi connectivity index (χ1n) is 8.07. The summed E-state index contributed by atoms with van der Waals surface area (Å²) in [4.78, 5) is 14.4. The van der Waals surface area contributed by atoms with Crippen LogP contribution in [-0.2, 0) is 11.2 Å². The van der Waals surface area contributed by atoms with E-state index in [1.807, 2.05) is 18.2 Å². The Morgan fingerprint density at radius 2 is 1.95 bits per heavy atom. The van der Waals surface area contributed by atoms with Crippen LogP contribution in [0.25, 0.3) is 0 Å². The van der Waals surface area contributed by atoms with Crippen molar-refractivity contribution in [2.24, 2.45) is 0 Å². The van der Waals surface area contributed by atoms with E-state index in [-0.39, 0.29) is 5.91 Å². The molecule has 1 fully saturated rings. The number of hydrogen-bond donors (Lipinski definition) is 1. The van der Waals surface area contributed by atoms with Crippen LogP contribution < -0.4 is 14.8 Å². The van der Waals surface area contributed by atoms with Gasteiger partial charge in [-0.3, -0.25) is 4.79 Å². The highest BCUT2D eigenvalue weighted by Crippen LogP contribution is 2.31. The number of piperidine rings is 1. The van der Waals surface area contributed by atoms with Crippen LogP contribution in [0.1, 0.15) is 24.8 Å². The van der Waals surface area contributed by atoms with Gasteiger partial charge in [-0.25, -0.2) is 0 Å². The zero-order valence-corrected chi connectivity index (χ0v) is 13.1. The first-order valence-corrected chi connectivity index (χ1v) is 8.07. The molecule has 0 unspecified atom stereocenters. The fourth-order valence-electron chi connectivity index (χ4n) is 2.95. The van der Waals surface area contributed by atoms with Crippen LogP contribution in [0.15, 0.2) is 18.2 Å². The molecule has 1 amide bonds. The van der Waals surface area contributed by atoms with E-state index in [9.17, 15) is 4.79 Å². The number of hydrogen-bond acceptors (Lipinski definition) is 4. The third-order valence-corrected chi connectivity index (χ3v) is 4.33. The molecule has 2 aliphatic heterocycles. The van der Waals surface area contributed by atoms with Crippen molar-refractivity contribution in [1.82, 2.24) is 10.2 Å². The normalized spacial score (nSPS) is 19.0. The number of carbonyl (C=O) groups is 1. The van der Waals surface area contributed by atoms with Crippen molar-refractivity contribution in [3.8, 4) is 11.5 Å². The molecule has 1 N–H and O–H groups in total. The molecule has 0 aliphatic carbocycles. The minimum absolute atomic E-state index is 0.143. The van der Waals surface area contributed by atoms with Crippen molar-refractivity contribution in [1.29, 1.82) is 0 Å². The molecule has 0 aromatic heterocycles. The number of carbonyl (C=O) groups excluding carboxylic acids is 1. The first kappa shape index (κ1) is 15.2. The Hall–Kier alpha value is -1.75. The van der Waals surface area contributed by atoms with Crippen LogP contribution in [0.5, 0.6) is 11.5 Å². The highest BCUT2D eigenvalue weighted by Gasteiger charge is 2.18. The van der Waals surface area contributed by atoms with Gasteiger partial charge in [0.15, 0.2) is 11.5 Å². The summed E-state index contributed by atoms with van der Waals surface area (Å²) in [6, 6.07) is 6.26. The van der Waals surface area contributed by atoms with Gasteiger partial charge in [0.1, 0.15) is 13.2 Å². The standard InChI is InChI=1S/C17H24N2O3/c1-19-8-6-14(7-9-19)18-17(20)5-3-13-2-4-15-16(12-13)22-11-10-21-15/h2,4,12,14H,3,5-11H2,1H3,(H,18,20). The summed E-state index contributed by atoms with van der Waals surface area (Å²) in [6.07, 6.45) is 3.35. The van der Waals surface area contributed by atoms with Crippen molar-refractivity contribution in [3.63, 3.8) is 0 Å². The maximum Gasteiger partial charge on any atom is 0.220 e. The lowest BCUT2D eigenvalue weighted by Gasteiger charge is -2.29. The predicted octanol–water partition coefficient (Wildman–Crippen LogP) is 1.60. The number of aryl methyl sites for hydroxylation is 1. The van der Waals surface area contributed by atoms with E-state index >= 15 is 0 Å². The van der Waals surface area contributed by atoms with Gasteiger partial charge in [-0.05, 0) is 57.1 Å². The maximum absolute atomic E-state index is 12.1. The second-order valence-corrected chi connectivity index (χ2v) is 6.12. The molecule has 0 radical (unpaired) electrons. The molecule has 1 aromatic carbocycles. The second-order valence-electron chi connectivity index (χ2n) is 6.12. The zero-order chi connectivity index (χ0) is 15.4. The van der Waals surface area contributed by atoms with Gasteiger partial charge in [-0.15, -0.1) is 0 Å². The Balaban J connectivity index is 1.46. The molecule has 1 aromatic rings. The third kappa shape index (κ3) is 3.91. The zero-order valence-electron chi connectivity index (χ0n) is 13.1. The van der Waals surface area contributed by atoms with Gasteiger partial charge in [-0.2, -0.15) is 0 Å². The molecule has 0 atom stereocenters. The van der Waals surface area contributed by atoms with E-state index in [1.165, 1.54) is 0 Å². The predicted molar refractivity (Wildman–Crippen MR) is 84.4 cm³/mol. The summed E-state index contributed by atoms with van der Waals surface area (Å²) in [7, 11) is 2.12. The highest BCUT2D eigenvalue weighted by atomic mass is 16.6. The van der Waals surface area contributed by atoms with E-state index in [0.717, 1.165) is 49.4 Å². The molecular formula is C17H24N2O3. The minimum atomic E-state index is 0.143. The van der Waals surface area contributed by atoms with Crippen molar-refractivity contribution in [2.75, 3.05) is 33.4 Å². The number of benzene rings is 1. The van der Waals surface area contributed by atoms with E-state index in [4.69, 9.17) is 9.47 Å². The van der Waals surface area contributed by atoms with Gasteiger partial charge in [0.2, 0.25) is 5.91 Å². The maximum atomic E-state index is 12.1. The number of nitrogens with zero attached hydrogens (tertiary/aromatic N) is 1. The average Bonchev–Trinajstić information content (AvgIpc) is 2.55. The van der Waals surface area contributed by atoms with E-state index in [1.54, 1.807) is 0 Å². The fourth-order valence-corrected chi connectivity index (χ4v) is 2.95. The molecule has 5 nitrogen and oxygen atoms in total. The monoisotopic (exact) mass is 304 g/mol. The number of rotatable bonds is 4. The Labute approximate surface area is 131 Å². The topological polar surface area (TPSA) is 50.8 Å². The minimum Gasteiger partial charge on any atom is -0.486 e. The summed E-state index contributed by atoms with van der Waals surface area (Å²) in [5.74, 6) is 1.73. The molecular weight excluding hydrogens is 280 g/mol. The lowest BCUT2D eigenvalue weighted by molar-refractivity contribution is -0.122. The van der Waals surface area contributed by atoms with E-state index in [2.05, 4.69) is 17.3 Å². The molecule has 22 heavy (non-hydrogen) atoms. The Morgan fingerprint density at radius 1 is 1.23 bits per heavy atom. The van der Waals surface area contributed by atoms with Crippen molar-refractivity contribution < 1.29 is 14.3 Å². The number of likely N-dealkylation sites (tertiary alicyclic amines) is 1. The summed E-state index contributed by atoms with van der Waals surface area (Å²) in [6.45, 7) is 3.32. The van der Waals surface area contributed by atoms with Gasteiger partial charge in [0.05, 0.1) is 0 Å². The molecule has 120 valence electrons.